The van der Waals surface area contributed by atoms with Crippen LogP contribution in [0.15, 0.2) is 12.3 Å². The van der Waals surface area contributed by atoms with Crippen LogP contribution in [0.1, 0.15) is 12.5 Å². The molecule has 0 saturated heterocycles. The van der Waals surface area contributed by atoms with Gasteiger partial charge in [-0.1, -0.05) is 6.92 Å². The standard InChI is InChI=1S/C11H15N3O4/c1-7-4-10(12-5-9(7)14(17)18)13(3)6-8(2)11(15)16/h4-5,8H,6H2,1-3H3,(H,15,16). The number of carbonyl (C=O) groups is 1. The predicted octanol–water partition coefficient (Wildman–Crippen LogP) is 1.46. The lowest BCUT2D eigenvalue weighted by Gasteiger charge is -2.20. The van der Waals surface area contributed by atoms with Crippen molar-refractivity contribution in [1.82, 2.24) is 4.98 Å². The van der Waals surface area contributed by atoms with Crippen LogP contribution in [0.3, 0.4) is 0 Å². The molecule has 0 aliphatic heterocycles. The molecule has 0 bridgehead atoms. The summed E-state index contributed by atoms with van der Waals surface area (Å²) in [5.41, 5.74) is 0.457. The molecule has 0 fully saturated rings. The number of aromatic nitrogens is 1. The highest BCUT2D eigenvalue weighted by atomic mass is 16.6. The summed E-state index contributed by atoms with van der Waals surface area (Å²) in [6.07, 6.45) is 1.19. The fraction of sp³-hybridized carbons (Fsp3) is 0.455. The van der Waals surface area contributed by atoms with E-state index in [9.17, 15) is 14.9 Å². The van der Waals surface area contributed by atoms with Crippen LogP contribution in [0.4, 0.5) is 11.5 Å². The van der Waals surface area contributed by atoms with Crippen LogP contribution < -0.4 is 4.90 Å². The van der Waals surface area contributed by atoms with Gasteiger partial charge in [-0.25, -0.2) is 4.98 Å². The van der Waals surface area contributed by atoms with Gasteiger partial charge in [-0.2, -0.15) is 0 Å². The molecule has 1 atom stereocenters. The maximum atomic E-state index is 10.7. The summed E-state index contributed by atoms with van der Waals surface area (Å²) in [4.78, 5) is 26.5. The lowest BCUT2D eigenvalue weighted by atomic mass is 10.1. The maximum Gasteiger partial charge on any atom is 0.308 e. The Morgan fingerprint density at radius 1 is 1.67 bits per heavy atom. The molecule has 0 aromatic carbocycles. The Morgan fingerprint density at radius 2 is 2.28 bits per heavy atom. The van der Waals surface area contributed by atoms with Crippen molar-refractivity contribution in [1.29, 1.82) is 0 Å². The molecule has 0 aliphatic carbocycles. The lowest BCUT2D eigenvalue weighted by Crippen LogP contribution is -2.29. The zero-order valence-electron chi connectivity index (χ0n) is 10.5. The van der Waals surface area contributed by atoms with E-state index < -0.39 is 16.8 Å². The molecule has 1 aromatic heterocycles. The Labute approximate surface area is 104 Å². The minimum atomic E-state index is -0.888. The van der Waals surface area contributed by atoms with Crippen molar-refractivity contribution in [3.05, 3.63) is 27.9 Å². The summed E-state index contributed by atoms with van der Waals surface area (Å²) in [5.74, 6) is -0.904. The van der Waals surface area contributed by atoms with Gasteiger partial charge in [0, 0.05) is 19.2 Å². The number of nitro groups is 1. The van der Waals surface area contributed by atoms with Crippen LogP contribution in [-0.4, -0.2) is 34.6 Å². The minimum absolute atomic E-state index is 0.0431. The van der Waals surface area contributed by atoms with Crippen LogP contribution in [0.5, 0.6) is 0 Å². The average Bonchev–Trinajstić information content (AvgIpc) is 2.27. The zero-order valence-corrected chi connectivity index (χ0v) is 10.5. The Kier molecular flexibility index (Phi) is 4.19. The summed E-state index contributed by atoms with van der Waals surface area (Å²) in [7, 11) is 1.70. The van der Waals surface area contributed by atoms with Gasteiger partial charge >= 0.3 is 5.97 Å². The van der Waals surface area contributed by atoms with E-state index in [-0.39, 0.29) is 5.69 Å². The van der Waals surface area contributed by atoms with Crippen molar-refractivity contribution in [2.75, 3.05) is 18.5 Å². The number of carboxylic acids is 1. The molecule has 1 heterocycles. The first-order valence-corrected chi connectivity index (χ1v) is 5.38. The van der Waals surface area contributed by atoms with E-state index in [1.165, 1.54) is 6.20 Å². The first-order chi connectivity index (χ1) is 8.32. The van der Waals surface area contributed by atoms with E-state index in [1.54, 1.807) is 31.9 Å². The van der Waals surface area contributed by atoms with Crippen molar-refractivity contribution < 1.29 is 14.8 Å². The highest BCUT2D eigenvalue weighted by Crippen LogP contribution is 2.21. The SMILES string of the molecule is Cc1cc(N(C)CC(C)C(=O)O)ncc1[N+](=O)[O-]. The van der Waals surface area contributed by atoms with Crippen LogP contribution in [-0.2, 0) is 4.79 Å². The highest BCUT2D eigenvalue weighted by molar-refractivity contribution is 5.70. The number of nitrogens with zero attached hydrogens (tertiary/aromatic N) is 3. The molecule has 7 nitrogen and oxygen atoms in total. The van der Waals surface area contributed by atoms with Crippen LogP contribution in [0.25, 0.3) is 0 Å². The Hall–Kier alpha value is -2.18. The monoisotopic (exact) mass is 253 g/mol. The summed E-state index contributed by atoms with van der Waals surface area (Å²) >= 11 is 0. The number of anilines is 1. The molecule has 0 aliphatic rings. The normalized spacial score (nSPS) is 11.9. The molecule has 18 heavy (non-hydrogen) atoms. The van der Waals surface area contributed by atoms with Crippen molar-refractivity contribution >= 4 is 17.5 Å². The summed E-state index contributed by atoms with van der Waals surface area (Å²) in [6, 6.07) is 1.58. The molecule has 0 radical (unpaired) electrons. The number of hydrogen-bond acceptors (Lipinski definition) is 5. The molecule has 1 N–H and O–H groups in total. The first-order valence-electron chi connectivity index (χ1n) is 5.38. The topological polar surface area (TPSA) is 96.6 Å². The summed E-state index contributed by atoms with van der Waals surface area (Å²) in [6.45, 7) is 3.51. The van der Waals surface area contributed by atoms with Gasteiger partial charge in [-0.3, -0.25) is 14.9 Å². The maximum absolute atomic E-state index is 10.7. The van der Waals surface area contributed by atoms with Crippen molar-refractivity contribution in [3.63, 3.8) is 0 Å². The van der Waals surface area contributed by atoms with E-state index in [2.05, 4.69) is 4.98 Å². The molecule has 0 saturated carbocycles. The number of aliphatic carboxylic acids is 1. The number of carboxylic acid groups (broad SMARTS) is 1. The third-order valence-electron chi connectivity index (χ3n) is 2.63. The minimum Gasteiger partial charge on any atom is -0.481 e. The smallest absolute Gasteiger partial charge is 0.308 e. The second kappa shape index (κ2) is 5.44. The number of pyridine rings is 1. The molecule has 7 heteroatoms. The van der Waals surface area contributed by atoms with Gasteiger partial charge in [0.15, 0.2) is 0 Å². The van der Waals surface area contributed by atoms with Crippen LogP contribution in [0, 0.1) is 23.0 Å². The Morgan fingerprint density at radius 3 is 2.72 bits per heavy atom. The molecule has 0 spiro atoms. The third-order valence-corrected chi connectivity index (χ3v) is 2.63. The second-order valence-corrected chi connectivity index (χ2v) is 4.21. The van der Waals surface area contributed by atoms with Gasteiger partial charge in [-0.15, -0.1) is 0 Å². The fourth-order valence-electron chi connectivity index (χ4n) is 1.52. The quantitative estimate of drug-likeness (QED) is 0.630. The van der Waals surface area contributed by atoms with Gasteiger partial charge in [0.1, 0.15) is 12.0 Å². The predicted molar refractivity (Wildman–Crippen MR) is 65.7 cm³/mol. The van der Waals surface area contributed by atoms with E-state index in [4.69, 9.17) is 5.11 Å². The fourth-order valence-corrected chi connectivity index (χ4v) is 1.52. The Bertz CT molecular complexity index is 475. The van der Waals surface area contributed by atoms with Crippen molar-refractivity contribution in [2.24, 2.45) is 5.92 Å². The zero-order chi connectivity index (χ0) is 13.9. The summed E-state index contributed by atoms with van der Waals surface area (Å²) < 4.78 is 0. The molecular weight excluding hydrogens is 238 g/mol. The molecule has 1 aromatic rings. The average molecular weight is 253 g/mol. The molecule has 1 rings (SSSR count). The van der Waals surface area contributed by atoms with Crippen LogP contribution in [0.2, 0.25) is 0 Å². The number of aryl methyl sites for hydroxylation is 1. The molecular formula is C11H15N3O4. The lowest BCUT2D eigenvalue weighted by molar-refractivity contribution is -0.385. The second-order valence-electron chi connectivity index (χ2n) is 4.21. The van der Waals surface area contributed by atoms with E-state index in [0.717, 1.165) is 0 Å². The molecule has 98 valence electrons. The van der Waals surface area contributed by atoms with Crippen molar-refractivity contribution in [2.45, 2.75) is 13.8 Å². The number of hydrogen-bond donors (Lipinski definition) is 1. The first kappa shape index (κ1) is 13.9. The largest absolute Gasteiger partial charge is 0.481 e. The molecule has 1 unspecified atom stereocenters. The van der Waals surface area contributed by atoms with Gasteiger partial charge in [-0.05, 0) is 13.0 Å². The van der Waals surface area contributed by atoms with Gasteiger partial charge < -0.3 is 10.0 Å². The van der Waals surface area contributed by atoms with Gasteiger partial charge in [0.05, 0.1) is 10.8 Å². The number of rotatable bonds is 5. The molecule has 0 amide bonds. The summed E-state index contributed by atoms with van der Waals surface area (Å²) in [5, 5.41) is 19.5. The van der Waals surface area contributed by atoms with Crippen molar-refractivity contribution in [3.8, 4) is 0 Å². The van der Waals surface area contributed by atoms with Gasteiger partial charge in [0.2, 0.25) is 0 Å². The van der Waals surface area contributed by atoms with Gasteiger partial charge in [0.25, 0.3) is 5.69 Å². The van der Waals surface area contributed by atoms with E-state index >= 15 is 0 Å². The third kappa shape index (κ3) is 3.16. The van der Waals surface area contributed by atoms with E-state index in [0.29, 0.717) is 17.9 Å². The highest BCUT2D eigenvalue weighted by Gasteiger charge is 2.17. The van der Waals surface area contributed by atoms with Crippen LogP contribution >= 0.6 is 0 Å². The Balaban J connectivity index is 2.88. The van der Waals surface area contributed by atoms with E-state index in [1.807, 2.05) is 0 Å².